The fourth-order valence-corrected chi connectivity index (χ4v) is 2.10. The van der Waals surface area contributed by atoms with E-state index >= 15 is 0 Å². The van der Waals surface area contributed by atoms with Crippen molar-refractivity contribution in [1.82, 2.24) is 0 Å². The highest BCUT2D eigenvalue weighted by Gasteiger charge is 2.15. The van der Waals surface area contributed by atoms with E-state index in [4.69, 9.17) is 9.47 Å². The Kier molecular flexibility index (Phi) is 8.51. The molecular formula is C20H30O4. The summed E-state index contributed by atoms with van der Waals surface area (Å²) in [6.45, 7) is 10.3. The molecule has 134 valence electrons. The van der Waals surface area contributed by atoms with Gasteiger partial charge in [0.15, 0.2) is 11.5 Å². The van der Waals surface area contributed by atoms with Crippen molar-refractivity contribution in [2.45, 2.75) is 66.7 Å². The van der Waals surface area contributed by atoms with Crippen LogP contribution in [0.3, 0.4) is 0 Å². The molecule has 0 N–H and O–H groups in total. The van der Waals surface area contributed by atoms with Gasteiger partial charge in [0, 0.05) is 12.8 Å². The number of benzene rings is 1. The summed E-state index contributed by atoms with van der Waals surface area (Å²) in [7, 11) is 0. The molecule has 0 fully saturated rings. The van der Waals surface area contributed by atoms with Crippen molar-refractivity contribution in [3.05, 3.63) is 23.8 Å². The number of hydrogen-bond donors (Lipinski definition) is 0. The SMILES string of the molecule is CCc1ccc(OC(=O)CCC(C)C)c(OC(=O)CCC(C)C)c1. The summed E-state index contributed by atoms with van der Waals surface area (Å²) in [5.41, 5.74) is 1.03. The van der Waals surface area contributed by atoms with Crippen LogP contribution in [0.15, 0.2) is 18.2 Å². The molecule has 0 atom stereocenters. The van der Waals surface area contributed by atoms with Gasteiger partial charge in [-0.2, -0.15) is 0 Å². The zero-order valence-electron chi connectivity index (χ0n) is 15.6. The van der Waals surface area contributed by atoms with E-state index in [9.17, 15) is 9.59 Å². The summed E-state index contributed by atoms with van der Waals surface area (Å²) in [4.78, 5) is 24.0. The lowest BCUT2D eigenvalue weighted by molar-refractivity contribution is -0.137. The molecule has 0 heterocycles. The number of esters is 2. The largest absolute Gasteiger partial charge is 0.423 e. The smallest absolute Gasteiger partial charge is 0.311 e. The number of hydrogen-bond acceptors (Lipinski definition) is 4. The first-order chi connectivity index (χ1) is 11.3. The first kappa shape index (κ1) is 20.2. The first-order valence-corrected chi connectivity index (χ1v) is 8.86. The summed E-state index contributed by atoms with van der Waals surface area (Å²) in [6, 6.07) is 5.37. The van der Waals surface area contributed by atoms with Crippen LogP contribution >= 0.6 is 0 Å². The molecule has 0 spiro atoms. The lowest BCUT2D eigenvalue weighted by Gasteiger charge is -2.13. The number of rotatable bonds is 9. The van der Waals surface area contributed by atoms with Gasteiger partial charge in [-0.05, 0) is 48.8 Å². The van der Waals surface area contributed by atoms with Crippen molar-refractivity contribution < 1.29 is 19.1 Å². The molecule has 24 heavy (non-hydrogen) atoms. The molecule has 0 saturated heterocycles. The Hall–Kier alpha value is -1.84. The average molecular weight is 334 g/mol. The van der Waals surface area contributed by atoms with Gasteiger partial charge in [0.05, 0.1) is 0 Å². The normalized spacial score (nSPS) is 11.0. The van der Waals surface area contributed by atoms with Gasteiger partial charge >= 0.3 is 11.9 Å². The van der Waals surface area contributed by atoms with Crippen molar-refractivity contribution in [1.29, 1.82) is 0 Å². The van der Waals surface area contributed by atoms with Gasteiger partial charge in [0.1, 0.15) is 0 Å². The van der Waals surface area contributed by atoms with E-state index in [0.717, 1.165) is 24.8 Å². The number of carbonyl (C=O) groups excluding carboxylic acids is 2. The average Bonchev–Trinajstić information content (AvgIpc) is 2.52. The van der Waals surface area contributed by atoms with Crippen LogP contribution < -0.4 is 9.47 Å². The van der Waals surface area contributed by atoms with E-state index in [-0.39, 0.29) is 11.9 Å². The fraction of sp³-hybridized carbons (Fsp3) is 0.600. The maximum absolute atomic E-state index is 12.0. The van der Waals surface area contributed by atoms with Crippen molar-refractivity contribution >= 4 is 11.9 Å². The minimum atomic E-state index is -0.299. The molecule has 0 aromatic heterocycles. The molecule has 1 rings (SSSR count). The molecule has 0 aliphatic rings. The van der Waals surface area contributed by atoms with E-state index in [0.29, 0.717) is 36.2 Å². The Balaban J connectivity index is 2.80. The van der Waals surface area contributed by atoms with E-state index in [1.807, 2.05) is 13.0 Å². The Bertz CT molecular complexity index is 547. The molecule has 0 aliphatic heterocycles. The second kappa shape index (κ2) is 10.1. The van der Waals surface area contributed by atoms with E-state index < -0.39 is 0 Å². The highest BCUT2D eigenvalue weighted by Crippen LogP contribution is 2.30. The Morgan fingerprint density at radius 2 is 1.38 bits per heavy atom. The van der Waals surface area contributed by atoms with Gasteiger partial charge in [0.2, 0.25) is 0 Å². The van der Waals surface area contributed by atoms with Gasteiger partial charge in [-0.1, -0.05) is 40.7 Å². The zero-order chi connectivity index (χ0) is 18.1. The molecule has 0 bridgehead atoms. The molecular weight excluding hydrogens is 304 g/mol. The lowest BCUT2D eigenvalue weighted by atomic mass is 10.1. The molecule has 4 heteroatoms. The van der Waals surface area contributed by atoms with Crippen molar-refractivity contribution in [3.63, 3.8) is 0 Å². The topological polar surface area (TPSA) is 52.6 Å². The summed E-state index contributed by atoms with van der Waals surface area (Å²) in [5.74, 6) is 0.935. The molecule has 0 aliphatic carbocycles. The molecule has 0 amide bonds. The molecule has 4 nitrogen and oxygen atoms in total. The minimum Gasteiger partial charge on any atom is -0.423 e. The van der Waals surface area contributed by atoms with Gasteiger partial charge in [0.25, 0.3) is 0 Å². The summed E-state index contributed by atoms with van der Waals surface area (Å²) < 4.78 is 10.9. The maximum atomic E-state index is 12.0. The monoisotopic (exact) mass is 334 g/mol. The van der Waals surface area contributed by atoms with Gasteiger partial charge < -0.3 is 9.47 Å². The number of ether oxygens (including phenoxy) is 2. The molecule has 1 aromatic rings. The van der Waals surface area contributed by atoms with E-state index in [1.165, 1.54) is 0 Å². The van der Waals surface area contributed by atoms with E-state index in [2.05, 4.69) is 27.7 Å². The summed E-state index contributed by atoms with van der Waals surface area (Å²) in [5, 5.41) is 0. The molecule has 0 unspecified atom stereocenters. The van der Waals surface area contributed by atoms with Crippen molar-refractivity contribution in [2.24, 2.45) is 11.8 Å². The van der Waals surface area contributed by atoms with Crippen LogP contribution in [-0.4, -0.2) is 11.9 Å². The van der Waals surface area contributed by atoms with Crippen LogP contribution in [0.2, 0.25) is 0 Å². The molecule has 0 saturated carbocycles. The predicted octanol–water partition coefficient (Wildman–Crippen LogP) is 4.93. The van der Waals surface area contributed by atoms with Crippen molar-refractivity contribution in [2.75, 3.05) is 0 Å². The van der Waals surface area contributed by atoms with Gasteiger partial charge in [-0.15, -0.1) is 0 Å². The van der Waals surface area contributed by atoms with Crippen LogP contribution in [0.25, 0.3) is 0 Å². The second-order valence-corrected chi connectivity index (χ2v) is 6.95. The fourth-order valence-electron chi connectivity index (χ4n) is 2.10. The maximum Gasteiger partial charge on any atom is 0.311 e. The third-order valence-corrected chi connectivity index (χ3v) is 3.72. The lowest BCUT2D eigenvalue weighted by Crippen LogP contribution is -2.13. The number of carbonyl (C=O) groups is 2. The zero-order valence-corrected chi connectivity index (χ0v) is 15.6. The van der Waals surface area contributed by atoms with Crippen LogP contribution in [0.1, 0.15) is 65.9 Å². The quantitative estimate of drug-likeness (QED) is 0.474. The van der Waals surface area contributed by atoms with E-state index in [1.54, 1.807) is 12.1 Å². The third kappa shape index (κ3) is 7.62. The Morgan fingerprint density at radius 1 is 0.875 bits per heavy atom. The Labute approximate surface area is 145 Å². The predicted molar refractivity (Wildman–Crippen MR) is 95.2 cm³/mol. The second-order valence-electron chi connectivity index (χ2n) is 6.95. The summed E-state index contributed by atoms with van der Waals surface area (Å²) in [6.07, 6.45) is 3.08. The van der Waals surface area contributed by atoms with Crippen LogP contribution in [0.4, 0.5) is 0 Å². The number of aryl methyl sites for hydroxylation is 1. The van der Waals surface area contributed by atoms with Crippen LogP contribution in [-0.2, 0) is 16.0 Å². The first-order valence-electron chi connectivity index (χ1n) is 8.86. The summed E-state index contributed by atoms with van der Waals surface area (Å²) >= 11 is 0. The third-order valence-electron chi connectivity index (χ3n) is 3.72. The Morgan fingerprint density at radius 3 is 1.83 bits per heavy atom. The molecule has 0 radical (unpaired) electrons. The minimum absolute atomic E-state index is 0.295. The van der Waals surface area contributed by atoms with Gasteiger partial charge in [-0.3, -0.25) is 9.59 Å². The standard InChI is InChI=1S/C20H30O4/c1-6-16-9-10-17(23-19(21)11-7-14(2)3)18(13-16)24-20(22)12-8-15(4)5/h9-10,13-15H,6-8,11-12H2,1-5H3. The molecule has 1 aromatic carbocycles. The highest BCUT2D eigenvalue weighted by molar-refractivity contribution is 5.76. The van der Waals surface area contributed by atoms with Gasteiger partial charge in [-0.25, -0.2) is 0 Å². The van der Waals surface area contributed by atoms with Crippen LogP contribution in [0, 0.1) is 11.8 Å². The van der Waals surface area contributed by atoms with Crippen molar-refractivity contribution in [3.8, 4) is 11.5 Å². The van der Waals surface area contributed by atoms with Crippen LogP contribution in [0.5, 0.6) is 11.5 Å². The highest BCUT2D eigenvalue weighted by atomic mass is 16.6.